The van der Waals surface area contributed by atoms with Crippen molar-refractivity contribution >= 4 is 40.7 Å². The third-order valence-electron chi connectivity index (χ3n) is 3.33. The van der Waals surface area contributed by atoms with Gasteiger partial charge in [0.1, 0.15) is 0 Å². The van der Waals surface area contributed by atoms with Crippen LogP contribution in [0.4, 0.5) is 5.69 Å². The molecule has 0 fully saturated rings. The minimum absolute atomic E-state index is 0.0696. The van der Waals surface area contributed by atoms with E-state index in [-0.39, 0.29) is 18.4 Å². The summed E-state index contributed by atoms with van der Waals surface area (Å²) in [6.07, 6.45) is 0.883. The maximum atomic E-state index is 12.2. The third kappa shape index (κ3) is 5.83. The number of nitrogens with one attached hydrogen (secondary N) is 3. The van der Waals surface area contributed by atoms with Crippen LogP contribution in [0.3, 0.4) is 0 Å². The molecule has 0 radical (unpaired) electrons. The number of benzene rings is 1. The van der Waals surface area contributed by atoms with Gasteiger partial charge < -0.3 is 15.5 Å². The zero-order valence-corrected chi connectivity index (χ0v) is 14.5. The van der Waals surface area contributed by atoms with E-state index in [1.54, 1.807) is 32.2 Å². The first kappa shape index (κ1) is 18.7. The summed E-state index contributed by atoms with van der Waals surface area (Å²) in [4.78, 5) is 24.7. The van der Waals surface area contributed by atoms with E-state index in [9.17, 15) is 9.59 Å². The molecule has 0 aliphatic rings. The molecule has 3 N–H and O–H groups in total. The number of halogens is 2. The normalized spacial score (nSPS) is 13.3. The zero-order chi connectivity index (χ0) is 16.7. The molecule has 2 atom stereocenters. The Morgan fingerprint density at radius 2 is 2.00 bits per heavy atom. The molecule has 122 valence electrons. The van der Waals surface area contributed by atoms with Gasteiger partial charge in [-0.15, -0.1) is 0 Å². The molecule has 5 nitrogen and oxygen atoms in total. The minimum atomic E-state index is -0.401. The van der Waals surface area contributed by atoms with Crippen LogP contribution in [-0.2, 0) is 9.59 Å². The average Bonchev–Trinajstić information content (AvgIpc) is 2.47. The molecule has 1 unspecified atom stereocenters. The van der Waals surface area contributed by atoms with Crippen LogP contribution in [0.5, 0.6) is 0 Å². The molecule has 1 rings (SSSR count). The lowest BCUT2D eigenvalue weighted by Gasteiger charge is -2.21. The lowest BCUT2D eigenvalue weighted by Crippen LogP contribution is -3.15. The SMILES string of the molecule is CCCNC(=O)C[NH+](C)[C@H](C)C(=O)Nc1cc(Cl)ccc1Cl. The zero-order valence-electron chi connectivity index (χ0n) is 13.0. The maximum Gasteiger partial charge on any atom is 0.282 e. The number of anilines is 1. The molecular weight excluding hydrogens is 325 g/mol. The van der Waals surface area contributed by atoms with Gasteiger partial charge in [0.15, 0.2) is 12.6 Å². The summed E-state index contributed by atoms with van der Waals surface area (Å²) < 4.78 is 0. The topological polar surface area (TPSA) is 62.6 Å². The molecular formula is C15H22Cl2N3O2+. The van der Waals surface area contributed by atoms with Gasteiger partial charge in [0, 0.05) is 11.6 Å². The molecule has 0 aliphatic heterocycles. The second kappa shape index (κ2) is 8.98. The number of amides is 2. The Balaban J connectivity index is 2.60. The first-order valence-corrected chi connectivity index (χ1v) is 7.95. The van der Waals surface area contributed by atoms with Crippen LogP contribution in [-0.4, -0.2) is 38.0 Å². The molecule has 0 saturated heterocycles. The first-order valence-electron chi connectivity index (χ1n) is 7.20. The summed E-state index contributed by atoms with van der Waals surface area (Å²) in [5, 5.41) is 6.45. The van der Waals surface area contributed by atoms with Crippen molar-refractivity contribution in [1.29, 1.82) is 0 Å². The maximum absolute atomic E-state index is 12.2. The van der Waals surface area contributed by atoms with Crippen molar-refractivity contribution in [1.82, 2.24) is 5.32 Å². The molecule has 1 aromatic carbocycles. The fourth-order valence-corrected chi connectivity index (χ4v) is 2.13. The van der Waals surface area contributed by atoms with Gasteiger partial charge in [-0.1, -0.05) is 30.1 Å². The Labute approximate surface area is 141 Å². The Kier molecular flexibility index (Phi) is 7.65. The van der Waals surface area contributed by atoms with E-state index in [4.69, 9.17) is 23.2 Å². The largest absolute Gasteiger partial charge is 0.351 e. The molecule has 1 aromatic rings. The minimum Gasteiger partial charge on any atom is -0.351 e. The fourth-order valence-electron chi connectivity index (χ4n) is 1.79. The summed E-state index contributed by atoms with van der Waals surface area (Å²) in [6, 6.07) is 4.47. The summed E-state index contributed by atoms with van der Waals surface area (Å²) >= 11 is 11.9. The summed E-state index contributed by atoms with van der Waals surface area (Å²) in [7, 11) is 1.80. The second-order valence-corrected chi connectivity index (χ2v) is 6.05. The van der Waals surface area contributed by atoms with E-state index in [0.717, 1.165) is 11.3 Å². The van der Waals surface area contributed by atoms with E-state index in [1.165, 1.54) is 0 Å². The molecule has 0 aliphatic carbocycles. The number of quaternary nitrogens is 1. The van der Waals surface area contributed by atoms with Gasteiger partial charge in [-0.3, -0.25) is 9.59 Å². The molecule has 0 saturated carbocycles. The summed E-state index contributed by atoms with van der Waals surface area (Å²) in [5.74, 6) is -0.287. The standard InChI is InChI=1S/C15H21Cl2N3O2/c1-4-7-18-14(21)9-20(3)10(2)15(22)19-13-8-11(16)5-6-12(13)17/h5-6,8,10H,4,7,9H2,1-3H3,(H,18,21)(H,19,22)/p+1/t10-/m1/s1. The van der Waals surface area contributed by atoms with Crippen molar-refractivity contribution in [3.63, 3.8) is 0 Å². The molecule has 0 aromatic heterocycles. The number of likely N-dealkylation sites (N-methyl/N-ethyl adjacent to an activating group) is 1. The van der Waals surface area contributed by atoms with Gasteiger partial charge in [-0.05, 0) is 31.5 Å². The van der Waals surface area contributed by atoms with Crippen LogP contribution >= 0.6 is 23.2 Å². The third-order valence-corrected chi connectivity index (χ3v) is 3.90. The monoisotopic (exact) mass is 346 g/mol. The number of hydrogen-bond acceptors (Lipinski definition) is 2. The Morgan fingerprint density at radius 3 is 2.64 bits per heavy atom. The first-order chi connectivity index (χ1) is 10.3. The molecule has 2 amide bonds. The lowest BCUT2D eigenvalue weighted by atomic mass is 10.2. The fraction of sp³-hybridized carbons (Fsp3) is 0.467. The van der Waals surface area contributed by atoms with Crippen LogP contribution < -0.4 is 15.5 Å². The van der Waals surface area contributed by atoms with Crippen molar-refractivity contribution in [2.75, 3.05) is 25.5 Å². The van der Waals surface area contributed by atoms with Gasteiger partial charge in [0.2, 0.25) is 0 Å². The van der Waals surface area contributed by atoms with Crippen molar-refractivity contribution in [3.05, 3.63) is 28.2 Å². The number of carbonyl (C=O) groups is 2. The molecule has 0 heterocycles. The van der Waals surface area contributed by atoms with Crippen LogP contribution in [0, 0.1) is 0 Å². The van der Waals surface area contributed by atoms with E-state index in [2.05, 4.69) is 10.6 Å². The highest BCUT2D eigenvalue weighted by Crippen LogP contribution is 2.25. The predicted molar refractivity (Wildman–Crippen MR) is 89.6 cm³/mol. The quantitative estimate of drug-likeness (QED) is 0.698. The van der Waals surface area contributed by atoms with E-state index >= 15 is 0 Å². The van der Waals surface area contributed by atoms with Gasteiger partial charge in [-0.2, -0.15) is 0 Å². The molecule has 0 bridgehead atoms. The van der Waals surface area contributed by atoms with Gasteiger partial charge in [0.25, 0.3) is 11.8 Å². The average molecular weight is 347 g/mol. The van der Waals surface area contributed by atoms with E-state index in [1.807, 2.05) is 6.92 Å². The van der Waals surface area contributed by atoms with Crippen molar-refractivity contribution in [3.8, 4) is 0 Å². The summed E-state index contributed by atoms with van der Waals surface area (Å²) in [5.41, 5.74) is 0.467. The van der Waals surface area contributed by atoms with Gasteiger partial charge in [-0.25, -0.2) is 0 Å². The smallest absolute Gasteiger partial charge is 0.282 e. The number of rotatable bonds is 7. The Bertz CT molecular complexity index is 538. The lowest BCUT2D eigenvalue weighted by molar-refractivity contribution is -0.885. The predicted octanol–water partition coefficient (Wildman–Crippen LogP) is 1.36. The van der Waals surface area contributed by atoms with E-state index in [0.29, 0.717) is 22.3 Å². The number of carbonyl (C=O) groups excluding carboxylic acids is 2. The Hall–Kier alpha value is -1.30. The van der Waals surface area contributed by atoms with Gasteiger partial charge in [0.05, 0.1) is 17.8 Å². The summed E-state index contributed by atoms with van der Waals surface area (Å²) in [6.45, 7) is 4.63. The van der Waals surface area contributed by atoms with Crippen LogP contribution in [0.25, 0.3) is 0 Å². The highest BCUT2D eigenvalue weighted by molar-refractivity contribution is 6.35. The Morgan fingerprint density at radius 1 is 1.32 bits per heavy atom. The van der Waals surface area contributed by atoms with E-state index < -0.39 is 6.04 Å². The van der Waals surface area contributed by atoms with Crippen molar-refractivity contribution in [2.45, 2.75) is 26.3 Å². The van der Waals surface area contributed by atoms with Crippen molar-refractivity contribution in [2.24, 2.45) is 0 Å². The van der Waals surface area contributed by atoms with Crippen molar-refractivity contribution < 1.29 is 14.5 Å². The van der Waals surface area contributed by atoms with Crippen LogP contribution in [0.15, 0.2) is 18.2 Å². The highest BCUT2D eigenvalue weighted by Gasteiger charge is 2.24. The molecule has 7 heteroatoms. The molecule has 22 heavy (non-hydrogen) atoms. The van der Waals surface area contributed by atoms with Crippen LogP contribution in [0.2, 0.25) is 10.0 Å². The highest BCUT2D eigenvalue weighted by atomic mass is 35.5. The molecule has 0 spiro atoms. The van der Waals surface area contributed by atoms with Crippen LogP contribution in [0.1, 0.15) is 20.3 Å². The second-order valence-electron chi connectivity index (χ2n) is 5.21. The van der Waals surface area contributed by atoms with Gasteiger partial charge >= 0.3 is 0 Å². The number of hydrogen-bond donors (Lipinski definition) is 3.